The fraction of sp³-hybridized carbons (Fsp3) is 0.684. The van der Waals surface area contributed by atoms with E-state index in [4.69, 9.17) is 9.16 Å². The van der Waals surface area contributed by atoms with E-state index in [-0.39, 0.29) is 22.6 Å². The van der Waals surface area contributed by atoms with Gasteiger partial charge in [-0.2, -0.15) is 0 Å². The van der Waals surface area contributed by atoms with Gasteiger partial charge in [-0.15, -0.1) is 0 Å². The Kier molecular flexibility index (Phi) is 7.57. The van der Waals surface area contributed by atoms with E-state index in [9.17, 15) is 10.2 Å². The molecule has 144 valence electrons. The molecule has 0 aliphatic heterocycles. The molecule has 0 bridgehead atoms. The van der Waals surface area contributed by atoms with Crippen LogP contribution in [0.5, 0.6) is 11.5 Å². The third-order valence-corrected chi connectivity index (χ3v) is 10.7. The molecule has 0 fully saturated rings. The van der Waals surface area contributed by atoms with Gasteiger partial charge in [-0.1, -0.05) is 50.5 Å². The predicted octanol–water partition coefficient (Wildman–Crippen LogP) is 5.49. The topological polar surface area (TPSA) is 58.9 Å². The van der Waals surface area contributed by atoms with Crippen LogP contribution >= 0.6 is 15.9 Å². The van der Waals surface area contributed by atoms with Gasteiger partial charge in [0.25, 0.3) is 0 Å². The fourth-order valence-electron chi connectivity index (χ4n) is 2.25. The Labute approximate surface area is 161 Å². The second kappa shape index (κ2) is 8.42. The van der Waals surface area contributed by atoms with E-state index in [1.54, 1.807) is 12.1 Å². The number of ether oxygens (including phenoxy) is 1. The molecular formula is C19H33BrO4Si. The Morgan fingerprint density at radius 3 is 2.24 bits per heavy atom. The smallest absolute Gasteiger partial charge is 0.191 e. The van der Waals surface area contributed by atoms with Crippen LogP contribution in [0, 0.1) is 11.8 Å². The van der Waals surface area contributed by atoms with Crippen LogP contribution in [-0.2, 0) is 4.43 Å². The zero-order chi connectivity index (χ0) is 19.6. The van der Waals surface area contributed by atoms with Gasteiger partial charge in [0.2, 0.25) is 0 Å². The number of benzene rings is 1. The van der Waals surface area contributed by atoms with Crippen LogP contribution in [0.1, 0.15) is 46.3 Å². The van der Waals surface area contributed by atoms with Crippen LogP contribution in [0.3, 0.4) is 0 Å². The van der Waals surface area contributed by atoms with Gasteiger partial charge in [0.15, 0.2) is 19.8 Å². The molecule has 0 aliphatic rings. The maximum absolute atomic E-state index is 10.8. The van der Waals surface area contributed by atoms with E-state index in [1.807, 2.05) is 6.92 Å². The fourth-order valence-corrected chi connectivity index (χ4v) is 3.92. The van der Waals surface area contributed by atoms with Crippen molar-refractivity contribution >= 4 is 24.2 Å². The van der Waals surface area contributed by atoms with Gasteiger partial charge in [-0.3, -0.25) is 0 Å². The van der Waals surface area contributed by atoms with Crippen LogP contribution in [-0.4, -0.2) is 32.2 Å². The maximum atomic E-state index is 10.8. The molecule has 0 amide bonds. The average Bonchev–Trinajstić information content (AvgIpc) is 2.51. The van der Waals surface area contributed by atoms with Crippen molar-refractivity contribution in [2.45, 2.75) is 58.9 Å². The highest BCUT2D eigenvalue weighted by Crippen LogP contribution is 2.40. The molecule has 1 aromatic carbocycles. The second-order valence-corrected chi connectivity index (χ2v) is 14.1. The van der Waals surface area contributed by atoms with Crippen LogP contribution in [0.2, 0.25) is 18.1 Å². The summed E-state index contributed by atoms with van der Waals surface area (Å²) in [5.74, 6) is 0.566. The number of methoxy groups -OCH3 is 1. The zero-order valence-electron chi connectivity index (χ0n) is 16.7. The summed E-state index contributed by atoms with van der Waals surface area (Å²) in [4.78, 5) is 0. The Balaban J connectivity index is 2.86. The summed E-state index contributed by atoms with van der Waals surface area (Å²) in [7, 11) is -0.307. The first kappa shape index (κ1) is 22.5. The first-order chi connectivity index (χ1) is 11.3. The highest BCUT2D eigenvalue weighted by Gasteiger charge is 2.38. The lowest BCUT2D eigenvalue weighted by Crippen LogP contribution is -2.42. The first-order valence-corrected chi connectivity index (χ1v) is 12.4. The average molecular weight is 433 g/mol. The lowest BCUT2D eigenvalue weighted by molar-refractivity contribution is 0.0656. The molecule has 6 heteroatoms. The number of aliphatic hydroxyl groups is 1. The molecular weight excluding hydrogens is 400 g/mol. The van der Waals surface area contributed by atoms with Crippen molar-refractivity contribution < 1.29 is 19.4 Å². The lowest BCUT2D eigenvalue weighted by Gasteiger charge is -2.38. The quantitative estimate of drug-likeness (QED) is 0.558. The number of hydrogen-bond acceptors (Lipinski definition) is 4. The molecule has 0 spiro atoms. The Morgan fingerprint density at radius 1 is 1.20 bits per heavy atom. The van der Waals surface area contributed by atoms with Crippen molar-refractivity contribution in [3.05, 3.63) is 22.2 Å². The molecule has 0 aromatic heterocycles. The van der Waals surface area contributed by atoms with Crippen molar-refractivity contribution in [2.24, 2.45) is 11.8 Å². The van der Waals surface area contributed by atoms with Gasteiger partial charge in [0, 0.05) is 11.1 Å². The van der Waals surface area contributed by atoms with E-state index in [1.165, 1.54) is 7.11 Å². The maximum Gasteiger partial charge on any atom is 0.191 e. The first-order valence-electron chi connectivity index (χ1n) is 8.70. The van der Waals surface area contributed by atoms with Gasteiger partial charge in [0.1, 0.15) is 0 Å². The predicted molar refractivity (Wildman–Crippen MR) is 109 cm³/mol. The van der Waals surface area contributed by atoms with Crippen LogP contribution in [0.15, 0.2) is 16.6 Å². The minimum atomic E-state index is -1.81. The highest BCUT2D eigenvalue weighted by molar-refractivity contribution is 9.10. The molecule has 25 heavy (non-hydrogen) atoms. The molecule has 0 heterocycles. The van der Waals surface area contributed by atoms with Crippen LogP contribution in [0.25, 0.3) is 0 Å². The van der Waals surface area contributed by atoms with E-state index < -0.39 is 14.4 Å². The van der Waals surface area contributed by atoms with E-state index in [0.717, 1.165) is 4.47 Å². The van der Waals surface area contributed by atoms with E-state index in [2.05, 4.69) is 56.7 Å². The normalized spacial score (nSPS) is 16.4. The third kappa shape index (κ3) is 5.45. The Hall–Kier alpha value is -0.563. The molecule has 1 aromatic rings. The van der Waals surface area contributed by atoms with E-state index >= 15 is 0 Å². The summed E-state index contributed by atoms with van der Waals surface area (Å²) in [6.07, 6.45) is -0.704. The largest absolute Gasteiger partial charge is 0.504 e. The summed E-state index contributed by atoms with van der Waals surface area (Å²) >= 11 is 3.46. The van der Waals surface area contributed by atoms with Crippen molar-refractivity contribution in [1.29, 1.82) is 0 Å². The lowest BCUT2D eigenvalue weighted by atomic mass is 9.87. The SMILES string of the molecule is COc1cc(Br)c([C@H](O)[C@H](C)[C@H](C)CO[Si](C)(C)C(C)(C)C)cc1O. The second-order valence-electron chi connectivity index (χ2n) is 8.40. The molecule has 0 aliphatic carbocycles. The van der Waals surface area contributed by atoms with E-state index in [0.29, 0.717) is 17.9 Å². The molecule has 2 N–H and O–H groups in total. The summed E-state index contributed by atoms with van der Waals surface area (Å²) in [6.45, 7) is 15.9. The molecule has 0 unspecified atom stereocenters. The van der Waals surface area contributed by atoms with Gasteiger partial charge >= 0.3 is 0 Å². The number of rotatable bonds is 7. The number of hydrogen-bond donors (Lipinski definition) is 2. The molecule has 0 saturated heterocycles. The number of halogens is 1. The van der Waals surface area contributed by atoms with Crippen molar-refractivity contribution in [3.8, 4) is 11.5 Å². The van der Waals surface area contributed by atoms with Gasteiger partial charge < -0.3 is 19.4 Å². The summed E-state index contributed by atoms with van der Waals surface area (Å²) in [5, 5.41) is 21.0. The Bertz CT molecular complexity index is 584. The third-order valence-electron chi connectivity index (χ3n) is 5.53. The monoisotopic (exact) mass is 432 g/mol. The zero-order valence-corrected chi connectivity index (χ0v) is 19.3. The van der Waals surface area contributed by atoms with Gasteiger partial charge in [-0.05, 0) is 47.7 Å². The van der Waals surface area contributed by atoms with Crippen molar-refractivity contribution in [1.82, 2.24) is 0 Å². The molecule has 0 saturated carbocycles. The summed E-state index contributed by atoms with van der Waals surface area (Å²) in [6, 6.07) is 3.24. The minimum absolute atomic E-state index is 0.0196. The number of phenolic OH excluding ortho intramolecular Hbond substituents is 1. The van der Waals surface area contributed by atoms with Crippen molar-refractivity contribution in [3.63, 3.8) is 0 Å². The van der Waals surface area contributed by atoms with Crippen LogP contribution in [0.4, 0.5) is 0 Å². The van der Waals surface area contributed by atoms with Gasteiger partial charge in [0.05, 0.1) is 13.2 Å². The van der Waals surface area contributed by atoms with Gasteiger partial charge in [-0.25, -0.2) is 0 Å². The number of aliphatic hydroxyl groups excluding tert-OH is 1. The van der Waals surface area contributed by atoms with Crippen molar-refractivity contribution in [2.75, 3.05) is 13.7 Å². The Morgan fingerprint density at radius 2 is 1.76 bits per heavy atom. The summed E-state index contributed by atoms with van der Waals surface area (Å²) < 4.78 is 12.1. The van der Waals surface area contributed by atoms with Crippen LogP contribution < -0.4 is 4.74 Å². The molecule has 0 radical (unpaired) electrons. The summed E-state index contributed by atoms with van der Waals surface area (Å²) in [5.41, 5.74) is 0.657. The molecule has 4 nitrogen and oxygen atoms in total. The number of phenols is 1. The number of aromatic hydroxyl groups is 1. The molecule has 1 rings (SSSR count). The molecule has 3 atom stereocenters. The minimum Gasteiger partial charge on any atom is -0.504 e. The standard InChI is InChI=1S/C19H33BrO4Si/c1-12(11-24-25(7,8)19(3,4)5)13(2)18(22)14-9-16(21)17(23-6)10-15(14)20/h9-10,12-13,18,21-22H,11H2,1-8H3/t12-,13-,18-/m1/s1. The highest BCUT2D eigenvalue weighted by atomic mass is 79.9.